The average molecular weight is 461 g/mol. The first-order chi connectivity index (χ1) is 14.7. The molecule has 5 heteroatoms. The van der Waals surface area contributed by atoms with Crippen LogP contribution < -0.4 is 0 Å². The number of unbranched alkanes of at least 4 members (excludes halogenated alkanes) is 15. The Morgan fingerprint density at radius 1 is 0.581 bits per heavy atom. The van der Waals surface area contributed by atoms with Crippen molar-refractivity contribution in [2.75, 3.05) is 42.0 Å². The second kappa shape index (κ2) is 17.5. The molecule has 0 aromatic carbocycles. The van der Waals surface area contributed by atoms with Crippen LogP contribution in [0.3, 0.4) is 0 Å². The Labute approximate surface area is 198 Å². The molecule has 0 saturated heterocycles. The molecule has 4 nitrogen and oxygen atoms in total. The Morgan fingerprint density at radius 3 is 1.19 bits per heavy atom. The van der Waals surface area contributed by atoms with Gasteiger partial charge in [-0.05, 0) is 19.8 Å². The van der Waals surface area contributed by atoms with E-state index in [2.05, 4.69) is 21.0 Å². The largest absolute Gasteiger partial charge is 0.347 e. The lowest BCUT2D eigenvalue weighted by Gasteiger charge is -2.52. The highest BCUT2D eigenvalue weighted by Gasteiger charge is 2.57. The van der Waals surface area contributed by atoms with Crippen molar-refractivity contribution in [1.82, 2.24) is 0 Å². The molecule has 188 valence electrons. The number of ether oxygens (including phenoxy) is 3. The maximum absolute atomic E-state index is 6.01. The summed E-state index contributed by atoms with van der Waals surface area (Å²) in [6.07, 6.45) is 22.5. The van der Waals surface area contributed by atoms with E-state index < -0.39 is 11.1 Å². The third-order valence-electron chi connectivity index (χ3n) is 7.74. The van der Waals surface area contributed by atoms with Gasteiger partial charge in [0, 0.05) is 21.3 Å². The van der Waals surface area contributed by atoms with E-state index in [9.17, 15) is 0 Å². The lowest BCUT2D eigenvalue weighted by molar-refractivity contribution is -0.963. The summed E-state index contributed by atoms with van der Waals surface area (Å²) in [6, 6.07) is 0. The Balaban J connectivity index is 3.80. The second-order valence-corrected chi connectivity index (χ2v) is 11.6. The third-order valence-corrected chi connectivity index (χ3v) is 10.3. The van der Waals surface area contributed by atoms with Crippen LogP contribution in [0.5, 0.6) is 0 Å². The number of quaternary nitrogens is 1. The maximum atomic E-state index is 6.01. The second-order valence-electron chi connectivity index (χ2n) is 10.3. The normalized spacial score (nSPS) is 14.8. The monoisotopic (exact) mass is 460 g/mol. The van der Waals surface area contributed by atoms with Crippen LogP contribution in [0.25, 0.3) is 0 Å². The molecule has 0 aliphatic heterocycles. The number of methoxy groups -OCH3 is 3. The van der Waals surface area contributed by atoms with Gasteiger partial charge in [-0.15, -0.1) is 0 Å². The number of likely N-dealkylation sites (N-methyl/N-ethyl adjacent to an activating group) is 1. The highest BCUT2D eigenvalue weighted by molar-refractivity contribution is 6.14. The maximum Gasteiger partial charge on any atom is 0.242 e. The van der Waals surface area contributed by atoms with Crippen molar-refractivity contribution in [1.29, 1.82) is 0 Å². The molecule has 0 aliphatic carbocycles. The van der Waals surface area contributed by atoms with Crippen molar-refractivity contribution >= 4 is 10.2 Å². The van der Waals surface area contributed by atoms with Gasteiger partial charge in [0.2, 0.25) is 11.1 Å². The summed E-state index contributed by atoms with van der Waals surface area (Å²) < 4.78 is 18.3. The molecule has 0 saturated carbocycles. The van der Waals surface area contributed by atoms with Crippen molar-refractivity contribution in [3.63, 3.8) is 0 Å². The van der Waals surface area contributed by atoms with E-state index in [0.717, 1.165) is 21.3 Å². The molecule has 0 radical (unpaired) electrons. The van der Waals surface area contributed by atoms with Crippen molar-refractivity contribution in [2.24, 2.45) is 0 Å². The summed E-state index contributed by atoms with van der Waals surface area (Å²) in [5.41, 5.74) is 0. The van der Waals surface area contributed by atoms with Crippen LogP contribution in [0.1, 0.15) is 117 Å². The van der Waals surface area contributed by atoms with Gasteiger partial charge in [0.05, 0.1) is 20.6 Å². The summed E-state index contributed by atoms with van der Waals surface area (Å²) in [5, 5.41) is -0.438. The Morgan fingerprint density at radius 2 is 0.903 bits per heavy atom. The van der Waals surface area contributed by atoms with Gasteiger partial charge < -0.3 is 18.7 Å². The van der Waals surface area contributed by atoms with Crippen LogP contribution in [0.2, 0.25) is 0 Å². The van der Waals surface area contributed by atoms with Crippen LogP contribution in [-0.2, 0) is 14.2 Å². The summed E-state index contributed by atoms with van der Waals surface area (Å²) in [6.45, 7) is 5.37. The summed E-state index contributed by atoms with van der Waals surface area (Å²) in [7, 11) is 10.5. The van der Waals surface area contributed by atoms with Crippen molar-refractivity contribution in [3.8, 4) is 0 Å². The number of rotatable bonds is 22. The Bertz CT molecular complexity index is 415. The van der Waals surface area contributed by atoms with Crippen molar-refractivity contribution in [3.05, 3.63) is 0 Å². The molecule has 0 aromatic heterocycles. The average Bonchev–Trinajstić information content (AvgIpc) is 2.77. The SMILES string of the molecule is CCCCCCCCCCCCCCCCCC[N+](C)(C)C([SiH3])(OC)C(C)(OC)OC. The minimum absolute atomic E-state index is 0.438. The predicted octanol–water partition coefficient (Wildman–Crippen LogP) is 6.00. The fourth-order valence-electron chi connectivity index (χ4n) is 4.71. The van der Waals surface area contributed by atoms with E-state index >= 15 is 0 Å². The highest BCUT2D eigenvalue weighted by Crippen LogP contribution is 2.34. The number of hydrogen-bond donors (Lipinski definition) is 0. The van der Waals surface area contributed by atoms with Gasteiger partial charge in [-0.1, -0.05) is 96.8 Å². The fraction of sp³-hybridized carbons (Fsp3) is 1.00. The highest BCUT2D eigenvalue weighted by atomic mass is 28.1. The molecule has 0 bridgehead atoms. The number of hydrogen-bond acceptors (Lipinski definition) is 3. The van der Waals surface area contributed by atoms with Crippen molar-refractivity contribution < 1.29 is 18.7 Å². The zero-order valence-electron chi connectivity index (χ0n) is 22.7. The topological polar surface area (TPSA) is 27.7 Å². The number of nitrogens with zero attached hydrogens (tertiary/aromatic N) is 1. The van der Waals surface area contributed by atoms with E-state index in [0.29, 0.717) is 0 Å². The smallest absolute Gasteiger partial charge is 0.242 e. The van der Waals surface area contributed by atoms with E-state index in [4.69, 9.17) is 14.2 Å². The van der Waals surface area contributed by atoms with Crippen LogP contribution in [0, 0.1) is 0 Å². The van der Waals surface area contributed by atoms with Crippen LogP contribution >= 0.6 is 0 Å². The molecule has 0 fully saturated rings. The fourth-order valence-corrected chi connectivity index (χ4v) is 5.34. The zero-order valence-corrected chi connectivity index (χ0v) is 24.7. The molecule has 0 aliphatic rings. The minimum Gasteiger partial charge on any atom is -0.347 e. The quantitative estimate of drug-likeness (QED) is 0.0858. The first-order valence-corrected chi connectivity index (χ1v) is 14.2. The molecule has 0 amide bonds. The van der Waals surface area contributed by atoms with Gasteiger partial charge in [-0.25, -0.2) is 0 Å². The van der Waals surface area contributed by atoms with Crippen LogP contribution in [-0.4, -0.2) is 67.8 Å². The molecule has 0 rings (SSSR count). The Hall–Kier alpha value is 0.0569. The van der Waals surface area contributed by atoms with Gasteiger partial charge in [0.15, 0.2) is 0 Å². The van der Waals surface area contributed by atoms with Gasteiger partial charge >= 0.3 is 0 Å². The summed E-state index contributed by atoms with van der Waals surface area (Å²) in [4.78, 5) is 0. The minimum atomic E-state index is -0.730. The van der Waals surface area contributed by atoms with Crippen molar-refractivity contribution in [2.45, 2.75) is 128 Å². The first-order valence-electron chi connectivity index (χ1n) is 13.2. The van der Waals surface area contributed by atoms with Crippen LogP contribution in [0.15, 0.2) is 0 Å². The molecular weight excluding hydrogens is 402 g/mol. The van der Waals surface area contributed by atoms with Gasteiger partial charge in [0.25, 0.3) is 0 Å². The Kier molecular flexibility index (Phi) is 17.6. The standard InChI is InChI=1S/C26H58NO3Si/c1-8-9-10-11-12-13-14-15-16-17-18-19-20-21-22-23-24-27(3,4)26(31,30-7)25(2,28-5)29-6/h8-24H2,1-7,31H3/q+1. The lowest BCUT2D eigenvalue weighted by atomic mass is 10.0. The molecule has 1 unspecified atom stereocenters. The molecule has 31 heavy (non-hydrogen) atoms. The predicted molar refractivity (Wildman–Crippen MR) is 139 cm³/mol. The molecule has 0 heterocycles. The molecule has 0 spiro atoms. The summed E-state index contributed by atoms with van der Waals surface area (Å²) >= 11 is 0. The summed E-state index contributed by atoms with van der Waals surface area (Å²) in [5.74, 6) is -0.730. The van der Waals surface area contributed by atoms with E-state index in [1.165, 1.54) is 103 Å². The van der Waals surface area contributed by atoms with Gasteiger partial charge in [0.1, 0.15) is 10.2 Å². The van der Waals surface area contributed by atoms with E-state index in [-0.39, 0.29) is 0 Å². The third kappa shape index (κ3) is 11.2. The molecule has 1 atom stereocenters. The van der Waals surface area contributed by atoms with Crippen LogP contribution in [0.4, 0.5) is 0 Å². The lowest BCUT2D eigenvalue weighted by Crippen LogP contribution is -2.73. The molecular formula is C26H58NO3Si+. The van der Waals surface area contributed by atoms with Gasteiger partial charge in [-0.3, -0.25) is 0 Å². The molecule has 0 N–H and O–H groups in total. The van der Waals surface area contributed by atoms with E-state index in [1.807, 2.05) is 6.92 Å². The van der Waals surface area contributed by atoms with Gasteiger partial charge in [-0.2, -0.15) is 0 Å². The zero-order chi connectivity index (χ0) is 23.6. The first kappa shape index (κ1) is 31.1. The van der Waals surface area contributed by atoms with E-state index in [1.54, 1.807) is 21.3 Å². The molecule has 0 aromatic rings.